The molecule has 1 rings (SSSR count). The van der Waals surface area contributed by atoms with Gasteiger partial charge in [0.05, 0.1) is 5.60 Å². The van der Waals surface area contributed by atoms with Gasteiger partial charge in [0.15, 0.2) is 0 Å². The maximum absolute atomic E-state index is 6.22. The highest BCUT2D eigenvalue weighted by Gasteiger charge is 2.21. The Morgan fingerprint density at radius 1 is 1.26 bits per heavy atom. The Bertz CT molecular complexity index is 421. The van der Waals surface area contributed by atoms with Crippen molar-refractivity contribution in [1.82, 2.24) is 5.32 Å². The molecular weight excluding hydrogens is 281 g/mol. The van der Waals surface area contributed by atoms with Gasteiger partial charge in [-0.15, -0.1) is 0 Å². The number of rotatable bonds is 6. The molecular formula is C15H23Cl2NO. The maximum atomic E-state index is 6.22. The van der Waals surface area contributed by atoms with Crippen LogP contribution in [-0.2, 0) is 4.74 Å². The molecule has 1 aromatic rings. The molecule has 0 saturated carbocycles. The third kappa shape index (κ3) is 5.31. The fraction of sp³-hybridized carbons (Fsp3) is 0.600. The standard InChI is InChI=1S/C15H23Cl2NO/c1-10(9-15(3,4)19-5)18-11(2)13-7-6-12(16)8-14(13)17/h6-8,10-11,18H,9H2,1-5H3. The molecule has 2 atom stereocenters. The van der Waals surface area contributed by atoms with E-state index in [1.165, 1.54) is 0 Å². The summed E-state index contributed by atoms with van der Waals surface area (Å²) in [6.07, 6.45) is 0.930. The molecule has 1 aromatic carbocycles. The summed E-state index contributed by atoms with van der Waals surface area (Å²) in [6.45, 7) is 8.43. The third-order valence-corrected chi connectivity index (χ3v) is 3.88. The van der Waals surface area contributed by atoms with E-state index in [9.17, 15) is 0 Å². The minimum absolute atomic E-state index is 0.129. The number of hydrogen-bond donors (Lipinski definition) is 1. The second-order valence-electron chi connectivity index (χ2n) is 5.62. The summed E-state index contributed by atoms with van der Waals surface area (Å²) >= 11 is 12.1. The highest BCUT2D eigenvalue weighted by Crippen LogP contribution is 2.27. The van der Waals surface area contributed by atoms with E-state index in [4.69, 9.17) is 27.9 Å². The van der Waals surface area contributed by atoms with Crippen LogP contribution in [0.3, 0.4) is 0 Å². The number of ether oxygens (including phenoxy) is 1. The number of hydrogen-bond acceptors (Lipinski definition) is 2. The first-order valence-electron chi connectivity index (χ1n) is 6.51. The first-order valence-corrected chi connectivity index (χ1v) is 7.27. The van der Waals surface area contributed by atoms with Crippen molar-refractivity contribution in [2.75, 3.05) is 7.11 Å². The van der Waals surface area contributed by atoms with Crippen LogP contribution in [0, 0.1) is 0 Å². The molecule has 19 heavy (non-hydrogen) atoms. The van der Waals surface area contributed by atoms with Gasteiger partial charge in [-0.25, -0.2) is 0 Å². The molecule has 1 N–H and O–H groups in total. The van der Waals surface area contributed by atoms with Crippen LogP contribution in [0.4, 0.5) is 0 Å². The van der Waals surface area contributed by atoms with Crippen molar-refractivity contribution in [3.8, 4) is 0 Å². The number of halogens is 2. The number of methoxy groups -OCH3 is 1. The predicted octanol–water partition coefficient (Wildman–Crippen LogP) is 4.85. The van der Waals surface area contributed by atoms with E-state index in [0.29, 0.717) is 16.1 Å². The molecule has 0 aliphatic carbocycles. The molecule has 0 bridgehead atoms. The lowest BCUT2D eigenvalue weighted by atomic mass is 9.98. The summed E-state index contributed by atoms with van der Waals surface area (Å²) in [7, 11) is 1.74. The van der Waals surface area contributed by atoms with Gasteiger partial charge in [0.25, 0.3) is 0 Å². The fourth-order valence-corrected chi connectivity index (χ4v) is 2.82. The van der Waals surface area contributed by atoms with Crippen LogP contribution in [0.1, 0.15) is 45.7 Å². The second-order valence-corrected chi connectivity index (χ2v) is 6.47. The Morgan fingerprint density at radius 2 is 1.89 bits per heavy atom. The maximum Gasteiger partial charge on any atom is 0.0637 e. The zero-order valence-corrected chi connectivity index (χ0v) is 13.8. The molecule has 0 aliphatic heterocycles. The molecule has 0 radical (unpaired) electrons. The number of nitrogens with one attached hydrogen (secondary N) is 1. The van der Waals surface area contributed by atoms with Crippen molar-refractivity contribution in [3.05, 3.63) is 33.8 Å². The minimum Gasteiger partial charge on any atom is -0.379 e. The van der Waals surface area contributed by atoms with Crippen LogP contribution in [0.2, 0.25) is 10.0 Å². The van der Waals surface area contributed by atoms with E-state index < -0.39 is 0 Å². The van der Waals surface area contributed by atoms with Crippen LogP contribution < -0.4 is 5.32 Å². The highest BCUT2D eigenvalue weighted by molar-refractivity contribution is 6.35. The van der Waals surface area contributed by atoms with Crippen molar-refractivity contribution >= 4 is 23.2 Å². The van der Waals surface area contributed by atoms with E-state index >= 15 is 0 Å². The van der Waals surface area contributed by atoms with E-state index in [2.05, 4.69) is 33.0 Å². The SMILES string of the molecule is COC(C)(C)CC(C)NC(C)c1ccc(Cl)cc1Cl. The van der Waals surface area contributed by atoms with Gasteiger partial charge in [-0.1, -0.05) is 29.3 Å². The summed E-state index contributed by atoms with van der Waals surface area (Å²) in [5.74, 6) is 0. The Hall–Kier alpha value is -0.280. The van der Waals surface area contributed by atoms with Gasteiger partial charge in [-0.05, 0) is 51.8 Å². The van der Waals surface area contributed by atoms with E-state index in [1.54, 1.807) is 13.2 Å². The van der Waals surface area contributed by atoms with Crippen LogP contribution in [-0.4, -0.2) is 18.8 Å². The van der Waals surface area contributed by atoms with Gasteiger partial charge >= 0.3 is 0 Å². The zero-order valence-electron chi connectivity index (χ0n) is 12.3. The van der Waals surface area contributed by atoms with Gasteiger partial charge in [0.1, 0.15) is 0 Å². The van der Waals surface area contributed by atoms with Gasteiger partial charge < -0.3 is 10.1 Å². The molecule has 2 nitrogen and oxygen atoms in total. The van der Waals surface area contributed by atoms with Gasteiger partial charge in [-0.2, -0.15) is 0 Å². The second kappa shape index (κ2) is 6.94. The van der Waals surface area contributed by atoms with Crippen molar-refractivity contribution in [1.29, 1.82) is 0 Å². The van der Waals surface area contributed by atoms with Gasteiger partial charge in [0.2, 0.25) is 0 Å². The first kappa shape index (κ1) is 16.8. The lowest BCUT2D eigenvalue weighted by Gasteiger charge is -2.29. The van der Waals surface area contributed by atoms with Crippen LogP contribution in [0.15, 0.2) is 18.2 Å². The Morgan fingerprint density at radius 3 is 2.42 bits per heavy atom. The van der Waals surface area contributed by atoms with Crippen molar-refractivity contribution in [2.45, 2.75) is 51.8 Å². The topological polar surface area (TPSA) is 21.3 Å². The monoisotopic (exact) mass is 303 g/mol. The van der Waals surface area contributed by atoms with E-state index in [0.717, 1.165) is 12.0 Å². The summed E-state index contributed by atoms with van der Waals surface area (Å²) in [5, 5.41) is 4.90. The first-order chi connectivity index (χ1) is 8.75. The minimum atomic E-state index is -0.129. The predicted molar refractivity (Wildman–Crippen MR) is 83.2 cm³/mol. The summed E-state index contributed by atoms with van der Waals surface area (Å²) < 4.78 is 5.45. The fourth-order valence-electron chi connectivity index (χ4n) is 2.25. The van der Waals surface area contributed by atoms with Crippen molar-refractivity contribution in [3.63, 3.8) is 0 Å². The molecule has 0 heterocycles. The molecule has 0 spiro atoms. The quantitative estimate of drug-likeness (QED) is 0.811. The molecule has 4 heteroatoms. The van der Waals surface area contributed by atoms with E-state index in [1.807, 2.05) is 12.1 Å². The average molecular weight is 304 g/mol. The summed E-state index contributed by atoms with van der Waals surface area (Å²) in [5.41, 5.74) is 0.934. The van der Waals surface area contributed by atoms with Crippen molar-refractivity contribution < 1.29 is 4.74 Å². The third-order valence-electron chi connectivity index (χ3n) is 3.31. The Kier molecular flexibility index (Phi) is 6.13. The van der Waals surface area contributed by atoms with Gasteiger partial charge in [-0.3, -0.25) is 0 Å². The smallest absolute Gasteiger partial charge is 0.0637 e. The molecule has 0 fully saturated rings. The van der Waals surface area contributed by atoms with Crippen LogP contribution >= 0.6 is 23.2 Å². The van der Waals surface area contributed by atoms with Crippen LogP contribution in [0.25, 0.3) is 0 Å². The molecule has 2 unspecified atom stereocenters. The highest BCUT2D eigenvalue weighted by atomic mass is 35.5. The molecule has 0 aliphatic rings. The summed E-state index contributed by atoms with van der Waals surface area (Å²) in [6, 6.07) is 6.12. The zero-order chi connectivity index (χ0) is 14.6. The Labute approximate surface area is 126 Å². The lowest BCUT2D eigenvalue weighted by molar-refractivity contribution is 0.00782. The van der Waals surface area contributed by atoms with Gasteiger partial charge in [0, 0.05) is 29.2 Å². The molecule has 0 amide bonds. The average Bonchev–Trinajstić information content (AvgIpc) is 2.27. The largest absolute Gasteiger partial charge is 0.379 e. The lowest BCUT2D eigenvalue weighted by Crippen LogP contribution is -2.37. The molecule has 0 saturated heterocycles. The Balaban J connectivity index is 2.66. The van der Waals surface area contributed by atoms with Crippen LogP contribution in [0.5, 0.6) is 0 Å². The molecule has 108 valence electrons. The van der Waals surface area contributed by atoms with E-state index in [-0.39, 0.29) is 11.6 Å². The van der Waals surface area contributed by atoms with Crippen molar-refractivity contribution in [2.24, 2.45) is 0 Å². The normalized spacial score (nSPS) is 15.3. The summed E-state index contributed by atoms with van der Waals surface area (Å²) in [4.78, 5) is 0. The number of benzene rings is 1. The molecule has 0 aromatic heterocycles.